The van der Waals surface area contributed by atoms with Crippen LogP contribution in [0.1, 0.15) is 52.4 Å². The zero-order valence-electron chi connectivity index (χ0n) is 12.0. The van der Waals surface area contributed by atoms with Crippen LogP contribution in [0.2, 0.25) is 0 Å². The van der Waals surface area contributed by atoms with E-state index in [-0.39, 0.29) is 6.04 Å². The van der Waals surface area contributed by atoms with E-state index in [0.29, 0.717) is 12.5 Å². The van der Waals surface area contributed by atoms with Crippen molar-refractivity contribution in [1.29, 1.82) is 0 Å². The summed E-state index contributed by atoms with van der Waals surface area (Å²) in [5.74, 6) is -0.735. The summed E-state index contributed by atoms with van der Waals surface area (Å²) in [4.78, 5) is 13.5. The molecule has 1 unspecified atom stereocenters. The fourth-order valence-corrected chi connectivity index (χ4v) is 2.72. The molecule has 4 nitrogen and oxygen atoms in total. The molecule has 0 aromatic carbocycles. The maximum Gasteiger partial charge on any atom is 0.320 e. The van der Waals surface area contributed by atoms with E-state index in [1.807, 2.05) is 13.8 Å². The number of rotatable bonds is 7. The fraction of sp³-hybridized carbons (Fsp3) is 0.929. The van der Waals surface area contributed by atoms with Crippen molar-refractivity contribution in [2.24, 2.45) is 0 Å². The molecular weight excluding hydrogens is 228 g/mol. The van der Waals surface area contributed by atoms with E-state index in [4.69, 9.17) is 5.11 Å². The van der Waals surface area contributed by atoms with Crippen molar-refractivity contribution in [3.63, 3.8) is 0 Å². The molecule has 2 N–H and O–H groups in total. The lowest BCUT2D eigenvalue weighted by Crippen LogP contribution is -2.44. The molecule has 0 aliphatic heterocycles. The first-order chi connectivity index (χ1) is 8.50. The van der Waals surface area contributed by atoms with E-state index in [9.17, 15) is 4.79 Å². The Morgan fingerprint density at radius 3 is 2.44 bits per heavy atom. The second kappa shape index (κ2) is 7.74. The molecule has 0 radical (unpaired) electrons. The van der Waals surface area contributed by atoms with Crippen LogP contribution in [0.4, 0.5) is 0 Å². The van der Waals surface area contributed by atoms with Crippen LogP contribution in [-0.4, -0.2) is 47.7 Å². The molecule has 18 heavy (non-hydrogen) atoms. The number of nitrogens with zero attached hydrogens (tertiary/aromatic N) is 1. The quantitative estimate of drug-likeness (QED) is 0.732. The number of hydrogen-bond acceptors (Lipinski definition) is 3. The van der Waals surface area contributed by atoms with Crippen LogP contribution >= 0.6 is 0 Å². The standard InChI is InChI=1S/C14H28N2O2/c1-11(2)15-13(14(17)18)9-10-16(3)12-7-5-4-6-8-12/h11-13,15H,4-10H2,1-3H3,(H,17,18). The van der Waals surface area contributed by atoms with Crippen LogP contribution in [0.15, 0.2) is 0 Å². The highest BCUT2D eigenvalue weighted by Crippen LogP contribution is 2.21. The van der Waals surface area contributed by atoms with E-state index >= 15 is 0 Å². The Morgan fingerprint density at radius 2 is 1.94 bits per heavy atom. The van der Waals surface area contributed by atoms with Crippen molar-refractivity contribution in [2.75, 3.05) is 13.6 Å². The largest absolute Gasteiger partial charge is 0.480 e. The molecule has 0 saturated heterocycles. The van der Waals surface area contributed by atoms with Crippen molar-refractivity contribution in [2.45, 2.75) is 70.5 Å². The predicted molar refractivity (Wildman–Crippen MR) is 73.8 cm³/mol. The molecule has 1 rings (SSSR count). The lowest BCUT2D eigenvalue weighted by atomic mass is 9.94. The topological polar surface area (TPSA) is 52.6 Å². The number of hydrogen-bond donors (Lipinski definition) is 2. The summed E-state index contributed by atoms with van der Waals surface area (Å²) in [5.41, 5.74) is 0. The number of carboxylic acid groups (broad SMARTS) is 1. The molecule has 0 spiro atoms. The van der Waals surface area contributed by atoms with Crippen LogP contribution in [0.5, 0.6) is 0 Å². The molecule has 1 atom stereocenters. The number of aliphatic carboxylic acids is 1. The Kier molecular flexibility index (Phi) is 6.65. The first kappa shape index (κ1) is 15.4. The molecule has 4 heteroatoms. The van der Waals surface area contributed by atoms with Gasteiger partial charge in [0.25, 0.3) is 0 Å². The Balaban J connectivity index is 2.33. The summed E-state index contributed by atoms with van der Waals surface area (Å²) in [6, 6.07) is 0.453. The maximum atomic E-state index is 11.1. The van der Waals surface area contributed by atoms with Crippen molar-refractivity contribution in [3.05, 3.63) is 0 Å². The smallest absolute Gasteiger partial charge is 0.320 e. The van der Waals surface area contributed by atoms with Gasteiger partial charge in [0.1, 0.15) is 6.04 Å². The van der Waals surface area contributed by atoms with Gasteiger partial charge in [0.15, 0.2) is 0 Å². The molecule has 1 saturated carbocycles. The van der Waals surface area contributed by atoms with Crippen molar-refractivity contribution < 1.29 is 9.90 Å². The minimum absolute atomic E-state index is 0.214. The molecule has 1 aliphatic carbocycles. The van der Waals surface area contributed by atoms with E-state index in [1.165, 1.54) is 32.1 Å². The Bertz CT molecular complexity index is 250. The van der Waals surface area contributed by atoms with Gasteiger partial charge in [0.05, 0.1) is 0 Å². The van der Waals surface area contributed by atoms with Crippen molar-refractivity contribution in [1.82, 2.24) is 10.2 Å². The van der Waals surface area contributed by atoms with Gasteiger partial charge in [-0.15, -0.1) is 0 Å². The summed E-state index contributed by atoms with van der Waals surface area (Å²) >= 11 is 0. The van der Waals surface area contributed by atoms with Gasteiger partial charge >= 0.3 is 5.97 Å². The second-order valence-corrected chi connectivity index (χ2v) is 5.77. The van der Waals surface area contributed by atoms with Gasteiger partial charge in [0.2, 0.25) is 0 Å². The Labute approximate surface area is 111 Å². The van der Waals surface area contributed by atoms with Crippen LogP contribution < -0.4 is 5.32 Å². The minimum Gasteiger partial charge on any atom is -0.480 e. The van der Waals surface area contributed by atoms with Gasteiger partial charge in [-0.1, -0.05) is 33.1 Å². The zero-order chi connectivity index (χ0) is 13.5. The van der Waals surface area contributed by atoms with Crippen molar-refractivity contribution in [3.8, 4) is 0 Å². The third-order valence-corrected chi connectivity index (χ3v) is 3.80. The van der Waals surface area contributed by atoms with Crippen LogP contribution in [0, 0.1) is 0 Å². The van der Waals surface area contributed by atoms with Gasteiger partial charge in [-0.05, 0) is 26.3 Å². The van der Waals surface area contributed by atoms with Gasteiger partial charge < -0.3 is 15.3 Å². The monoisotopic (exact) mass is 256 g/mol. The molecular formula is C14H28N2O2. The van der Waals surface area contributed by atoms with Gasteiger partial charge in [-0.2, -0.15) is 0 Å². The summed E-state index contributed by atoms with van der Waals surface area (Å²) in [7, 11) is 2.13. The average molecular weight is 256 g/mol. The predicted octanol–water partition coefficient (Wildman–Crippen LogP) is 2.09. The lowest BCUT2D eigenvalue weighted by Gasteiger charge is -2.32. The van der Waals surface area contributed by atoms with E-state index < -0.39 is 12.0 Å². The van der Waals surface area contributed by atoms with Crippen LogP contribution in [0.25, 0.3) is 0 Å². The summed E-state index contributed by atoms with van der Waals surface area (Å²) in [5, 5.41) is 12.3. The van der Waals surface area contributed by atoms with Gasteiger partial charge in [0, 0.05) is 18.6 Å². The number of nitrogens with one attached hydrogen (secondary N) is 1. The third kappa shape index (κ3) is 5.36. The normalized spacial score (nSPS) is 19.4. The Hall–Kier alpha value is -0.610. The minimum atomic E-state index is -0.735. The van der Waals surface area contributed by atoms with Crippen LogP contribution in [-0.2, 0) is 4.79 Å². The summed E-state index contributed by atoms with van der Waals surface area (Å²) < 4.78 is 0. The SMILES string of the molecule is CC(C)NC(CCN(C)C1CCCCC1)C(=O)O. The van der Waals surface area contributed by atoms with Gasteiger partial charge in [-0.25, -0.2) is 0 Å². The highest BCUT2D eigenvalue weighted by atomic mass is 16.4. The molecule has 0 heterocycles. The van der Waals surface area contributed by atoms with E-state index in [2.05, 4.69) is 17.3 Å². The highest BCUT2D eigenvalue weighted by Gasteiger charge is 2.22. The highest BCUT2D eigenvalue weighted by molar-refractivity contribution is 5.73. The molecule has 1 aliphatic rings. The average Bonchev–Trinajstić information content (AvgIpc) is 2.34. The second-order valence-electron chi connectivity index (χ2n) is 5.77. The van der Waals surface area contributed by atoms with E-state index in [1.54, 1.807) is 0 Å². The van der Waals surface area contributed by atoms with Crippen molar-refractivity contribution >= 4 is 5.97 Å². The first-order valence-electron chi connectivity index (χ1n) is 7.19. The maximum absolute atomic E-state index is 11.1. The number of carboxylic acids is 1. The number of carbonyl (C=O) groups is 1. The zero-order valence-corrected chi connectivity index (χ0v) is 12.0. The molecule has 0 aromatic heterocycles. The van der Waals surface area contributed by atoms with E-state index in [0.717, 1.165) is 6.54 Å². The third-order valence-electron chi connectivity index (χ3n) is 3.80. The fourth-order valence-electron chi connectivity index (χ4n) is 2.72. The molecule has 106 valence electrons. The summed E-state index contributed by atoms with van der Waals surface area (Å²) in [6.45, 7) is 4.84. The van der Waals surface area contributed by atoms with Gasteiger partial charge in [-0.3, -0.25) is 4.79 Å². The van der Waals surface area contributed by atoms with Crippen LogP contribution in [0.3, 0.4) is 0 Å². The molecule has 1 fully saturated rings. The summed E-state index contributed by atoms with van der Waals surface area (Å²) in [6.07, 6.45) is 7.22. The first-order valence-corrected chi connectivity index (χ1v) is 7.19. The molecule has 0 bridgehead atoms. The molecule has 0 aromatic rings. The molecule has 0 amide bonds. The lowest BCUT2D eigenvalue weighted by molar-refractivity contribution is -0.140. The Morgan fingerprint density at radius 1 is 1.33 bits per heavy atom.